The number of hydrogen-bond donors (Lipinski definition) is 2. The molecule has 1 aliphatic heterocycles. The van der Waals surface area contributed by atoms with E-state index in [0.717, 1.165) is 16.8 Å². The number of carbonyl (C=O) groups excluding carboxylic acids is 1. The van der Waals surface area contributed by atoms with Gasteiger partial charge in [0.15, 0.2) is 0 Å². The summed E-state index contributed by atoms with van der Waals surface area (Å²) in [4.78, 5) is 13.5. The third kappa shape index (κ3) is 2.47. The van der Waals surface area contributed by atoms with E-state index in [1.165, 1.54) is 0 Å². The van der Waals surface area contributed by atoms with Crippen molar-refractivity contribution in [2.75, 3.05) is 24.7 Å². The minimum atomic E-state index is -0.388. The van der Waals surface area contributed by atoms with Crippen LogP contribution in [0.2, 0.25) is 0 Å². The zero-order valence-electron chi connectivity index (χ0n) is 10.6. The first-order chi connectivity index (χ1) is 8.63. The molecule has 0 bridgehead atoms. The number of nitrogens with two attached hydrogens (primary N) is 2. The molecule has 1 aliphatic rings. The summed E-state index contributed by atoms with van der Waals surface area (Å²) < 4.78 is 5.32. The van der Waals surface area contributed by atoms with Crippen LogP contribution in [0.1, 0.15) is 11.1 Å². The van der Waals surface area contributed by atoms with Gasteiger partial charge in [-0.2, -0.15) is 0 Å². The lowest BCUT2D eigenvalue weighted by Gasteiger charge is -2.36. The van der Waals surface area contributed by atoms with E-state index in [2.05, 4.69) is 0 Å². The van der Waals surface area contributed by atoms with Crippen LogP contribution in [0.4, 0.5) is 5.69 Å². The Morgan fingerprint density at radius 1 is 1.56 bits per heavy atom. The van der Waals surface area contributed by atoms with Crippen molar-refractivity contribution >= 4 is 11.6 Å². The van der Waals surface area contributed by atoms with Crippen LogP contribution in [0.5, 0.6) is 0 Å². The summed E-state index contributed by atoms with van der Waals surface area (Å²) in [5, 5.41) is 0. The summed E-state index contributed by atoms with van der Waals surface area (Å²) in [5.74, 6) is -0.350. The predicted octanol–water partition coefficient (Wildman–Crippen LogP) is 0.144. The highest BCUT2D eigenvalue weighted by Gasteiger charge is 2.28. The van der Waals surface area contributed by atoms with E-state index in [-0.39, 0.29) is 11.9 Å². The lowest BCUT2D eigenvalue weighted by Crippen LogP contribution is -2.52. The van der Waals surface area contributed by atoms with Crippen molar-refractivity contribution in [3.05, 3.63) is 29.3 Å². The van der Waals surface area contributed by atoms with Crippen LogP contribution in [0, 0.1) is 6.92 Å². The number of anilines is 1. The van der Waals surface area contributed by atoms with Crippen molar-refractivity contribution in [2.24, 2.45) is 11.5 Å². The largest absolute Gasteiger partial charge is 0.377 e. The highest BCUT2D eigenvalue weighted by Crippen LogP contribution is 2.24. The smallest absolute Gasteiger partial charge is 0.242 e. The van der Waals surface area contributed by atoms with Crippen molar-refractivity contribution < 1.29 is 9.53 Å². The Labute approximate surface area is 107 Å². The number of rotatable bonds is 3. The molecule has 0 saturated carbocycles. The molecule has 1 heterocycles. The van der Waals surface area contributed by atoms with Gasteiger partial charge in [0.05, 0.1) is 13.2 Å². The zero-order chi connectivity index (χ0) is 13.1. The Bertz CT molecular complexity index is 448. The predicted molar refractivity (Wildman–Crippen MR) is 70.2 cm³/mol. The van der Waals surface area contributed by atoms with E-state index in [0.29, 0.717) is 26.3 Å². The fourth-order valence-electron chi connectivity index (χ4n) is 2.29. The Morgan fingerprint density at radius 2 is 2.33 bits per heavy atom. The number of morpholine rings is 1. The number of aryl methyl sites for hydroxylation is 1. The molecule has 1 amide bonds. The Hall–Kier alpha value is -1.59. The molecule has 5 nitrogen and oxygen atoms in total. The summed E-state index contributed by atoms with van der Waals surface area (Å²) in [5.41, 5.74) is 14.2. The first-order valence-corrected chi connectivity index (χ1v) is 6.06. The van der Waals surface area contributed by atoms with Crippen molar-refractivity contribution in [1.29, 1.82) is 0 Å². The molecule has 98 valence electrons. The van der Waals surface area contributed by atoms with E-state index >= 15 is 0 Å². The van der Waals surface area contributed by atoms with Crippen LogP contribution >= 0.6 is 0 Å². The molecule has 1 aromatic rings. The molecule has 0 spiro atoms. The lowest BCUT2D eigenvalue weighted by atomic mass is 10.1. The van der Waals surface area contributed by atoms with E-state index in [9.17, 15) is 4.79 Å². The van der Waals surface area contributed by atoms with Crippen molar-refractivity contribution in [3.8, 4) is 0 Å². The molecule has 1 aromatic carbocycles. The third-order valence-corrected chi connectivity index (χ3v) is 3.26. The number of primary amides is 1. The molecular weight excluding hydrogens is 230 g/mol. The molecule has 18 heavy (non-hydrogen) atoms. The minimum absolute atomic E-state index is 0.350. The molecule has 0 aromatic heterocycles. The summed E-state index contributed by atoms with van der Waals surface area (Å²) in [6.45, 7) is 4.18. The van der Waals surface area contributed by atoms with E-state index < -0.39 is 0 Å². The van der Waals surface area contributed by atoms with Gasteiger partial charge in [0.25, 0.3) is 0 Å². The van der Waals surface area contributed by atoms with E-state index in [1.807, 2.05) is 30.0 Å². The van der Waals surface area contributed by atoms with Gasteiger partial charge in [0.1, 0.15) is 6.04 Å². The SMILES string of the molecule is Cc1cc(CN)ccc1N1CCOCC1C(N)=O. The third-order valence-electron chi connectivity index (χ3n) is 3.26. The number of nitrogens with zero attached hydrogens (tertiary/aromatic N) is 1. The van der Waals surface area contributed by atoms with Crippen LogP contribution in [0.3, 0.4) is 0 Å². The van der Waals surface area contributed by atoms with Gasteiger partial charge < -0.3 is 21.1 Å². The molecule has 4 N–H and O–H groups in total. The van der Waals surface area contributed by atoms with Gasteiger partial charge in [-0.3, -0.25) is 4.79 Å². The first-order valence-electron chi connectivity index (χ1n) is 6.06. The summed E-state index contributed by atoms with van der Waals surface area (Å²) in [6.07, 6.45) is 0. The Balaban J connectivity index is 2.31. The quantitative estimate of drug-likeness (QED) is 0.798. The van der Waals surface area contributed by atoms with Crippen LogP contribution in [0.15, 0.2) is 18.2 Å². The normalized spacial score (nSPS) is 19.9. The van der Waals surface area contributed by atoms with Gasteiger partial charge in [-0.25, -0.2) is 0 Å². The molecule has 0 radical (unpaired) electrons. The highest BCUT2D eigenvalue weighted by atomic mass is 16.5. The zero-order valence-corrected chi connectivity index (χ0v) is 10.6. The van der Waals surface area contributed by atoms with Gasteiger partial charge in [0, 0.05) is 18.8 Å². The molecule has 1 saturated heterocycles. The standard InChI is InChI=1S/C13H19N3O2/c1-9-6-10(7-14)2-3-11(9)16-4-5-18-8-12(16)13(15)17/h2-3,6,12H,4-5,7-8,14H2,1H3,(H2,15,17). The fourth-order valence-corrected chi connectivity index (χ4v) is 2.29. The number of amides is 1. The number of benzene rings is 1. The summed E-state index contributed by atoms with van der Waals surface area (Å²) in [6, 6.07) is 5.64. The Kier molecular flexibility index (Phi) is 3.84. The molecular formula is C13H19N3O2. The molecule has 0 aliphatic carbocycles. The number of ether oxygens (including phenoxy) is 1. The molecule has 1 atom stereocenters. The first kappa shape index (κ1) is 12.9. The maximum absolute atomic E-state index is 11.5. The summed E-state index contributed by atoms with van der Waals surface area (Å²) >= 11 is 0. The van der Waals surface area contributed by atoms with Gasteiger partial charge in [-0.1, -0.05) is 12.1 Å². The van der Waals surface area contributed by atoms with Crippen LogP contribution in [0.25, 0.3) is 0 Å². The highest BCUT2D eigenvalue weighted by molar-refractivity contribution is 5.84. The topological polar surface area (TPSA) is 81.6 Å². The van der Waals surface area contributed by atoms with Crippen LogP contribution in [-0.4, -0.2) is 31.7 Å². The second-order valence-corrected chi connectivity index (χ2v) is 4.51. The maximum Gasteiger partial charge on any atom is 0.242 e. The molecule has 5 heteroatoms. The lowest BCUT2D eigenvalue weighted by molar-refractivity contribution is -0.121. The fraction of sp³-hybridized carbons (Fsp3) is 0.462. The van der Waals surface area contributed by atoms with Gasteiger partial charge >= 0.3 is 0 Å². The second-order valence-electron chi connectivity index (χ2n) is 4.51. The average molecular weight is 249 g/mol. The van der Waals surface area contributed by atoms with E-state index in [1.54, 1.807) is 0 Å². The number of carbonyl (C=O) groups is 1. The Morgan fingerprint density at radius 3 is 2.94 bits per heavy atom. The minimum Gasteiger partial charge on any atom is -0.377 e. The maximum atomic E-state index is 11.5. The van der Waals surface area contributed by atoms with E-state index in [4.69, 9.17) is 16.2 Å². The molecule has 2 rings (SSSR count). The van der Waals surface area contributed by atoms with Crippen molar-refractivity contribution in [2.45, 2.75) is 19.5 Å². The van der Waals surface area contributed by atoms with Crippen molar-refractivity contribution in [3.63, 3.8) is 0 Å². The average Bonchev–Trinajstić information content (AvgIpc) is 2.38. The number of hydrogen-bond acceptors (Lipinski definition) is 4. The second kappa shape index (κ2) is 5.37. The monoisotopic (exact) mass is 249 g/mol. The van der Waals surface area contributed by atoms with Gasteiger partial charge in [-0.05, 0) is 24.1 Å². The van der Waals surface area contributed by atoms with Crippen molar-refractivity contribution in [1.82, 2.24) is 0 Å². The summed E-state index contributed by atoms with van der Waals surface area (Å²) in [7, 11) is 0. The molecule has 1 unspecified atom stereocenters. The van der Waals surface area contributed by atoms with Crippen LogP contribution in [-0.2, 0) is 16.1 Å². The molecule has 1 fully saturated rings. The van der Waals surface area contributed by atoms with Gasteiger partial charge in [-0.15, -0.1) is 0 Å². The van der Waals surface area contributed by atoms with Gasteiger partial charge in [0.2, 0.25) is 5.91 Å². The van der Waals surface area contributed by atoms with Crippen LogP contribution < -0.4 is 16.4 Å².